The fourth-order valence-corrected chi connectivity index (χ4v) is 5.40. The van der Waals surface area contributed by atoms with Crippen LogP contribution in [0, 0.1) is 0 Å². The van der Waals surface area contributed by atoms with Crippen molar-refractivity contribution >= 4 is 11.9 Å². The molecule has 0 aromatic heterocycles. The van der Waals surface area contributed by atoms with E-state index in [1.807, 2.05) is 6.07 Å². The van der Waals surface area contributed by atoms with E-state index in [2.05, 4.69) is 0 Å². The zero-order valence-corrected chi connectivity index (χ0v) is 25.2. The lowest BCUT2D eigenvalue weighted by Crippen LogP contribution is -2.31. The Morgan fingerprint density at radius 1 is 0.911 bits per heavy atom. The molecule has 5 rings (SSSR count). The van der Waals surface area contributed by atoms with Gasteiger partial charge in [-0.15, -0.1) is 0 Å². The molecule has 1 unspecified atom stereocenters. The third-order valence-electron chi connectivity index (χ3n) is 7.40. The lowest BCUT2D eigenvalue weighted by Gasteiger charge is -2.31. The van der Waals surface area contributed by atoms with Crippen LogP contribution in [0.25, 0.3) is 22.3 Å². The second-order valence-electron chi connectivity index (χ2n) is 11.9. The minimum atomic E-state index is -4.84. The van der Waals surface area contributed by atoms with Crippen LogP contribution in [0.15, 0.2) is 84.9 Å². The molecule has 0 saturated carbocycles. The highest BCUT2D eigenvalue weighted by Crippen LogP contribution is 2.47. The van der Waals surface area contributed by atoms with Gasteiger partial charge in [0.1, 0.15) is 12.4 Å². The summed E-state index contributed by atoms with van der Waals surface area (Å²) in [5.74, 6) is -0.928. The Morgan fingerprint density at radius 3 is 2.24 bits per heavy atom. The monoisotopic (exact) mass is 617 g/mol. The predicted molar refractivity (Wildman–Crippen MR) is 164 cm³/mol. The van der Waals surface area contributed by atoms with Crippen molar-refractivity contribution in [1.82, 2.24) is 0 Å². The molecule has 1 aliphatic heterocycles. The average Bonchev–Trinajstić information content (AvgIpc) is 3.01. The number of nitrogens with two attached hydrogens (primary N) is 1. The van der Waals surface area contributed by atoms with Crippen molar-refractivity contribution in [2.75, 3.05) is 6.61 Å². The molecule has 4 aromatic carbocycles. The highest BCUT2D eigenvalue weighted by Gasteiger charge is 2.42. The van der Waals surface area contributed by atoms with Gasteiger partial charge in [-0.25, -0.2) is 4.79 Å². The zero-order valence-electron chi connectivity index (χ0n) is 25.2. The van der Waals surface area contributed by atoms with E-state index < -0.39 is 35.3 Å². The third-order valence-corrected chi connectivity index (χ3v) is 7.40. The van der Waals surface area contributed by atoms with Gasteiger partial charge < -0.3 is 19.9 Å². The second-order valence-corrected chi connectivity index (χ2v) is 11.9. The van der Waals surface area contributed by atoms with Crippen molar-refractivity contribution in [2.45, 2.75) is 58.1 Å². The van der Waals surface area contributed by atoms with Crippen LogP contribution in [0.2, 0.25) is 0 Å². The first-order valence-corrected chi connectivity index (χ1v) is 14.6. The molecular formula is C36H34F3NO5. The van der Waals surface area contributed by atoms with Crippen LogP contribution < -0.4 is 10.5 Å². The van der Waals surface area contributed by atoms with Crippen LogP contribution in [0.5, 0.6) is 5.75 Å². The van der Waals surface area contributed by atoms with Gasteiger partial charge in [-0.2, -0.15) is 13.2 Å². The summed E-state index contributed by atoms with van der Waals surface area (Å²) in [6, 6.07) is 22.7. The number of ether oxygens (including phenoxy) is 3. The van der Waals surface area contributed by atoms with Crippen molar-refractivity contribution in [3.8, 4) is 28.0 Å². The van der Waals surface area contributed by atoms with Crippen LogP contribution in [-0.4, -0.2) is 24.1 Å². The van der Waals surface area contributed by atoms with Gasteiger partial charge in [0.25, 0.3) is 0 Å². The average molecular weight is 618 g/mol. The van der Waals surface area contributed by atoms with E-state index in [4.69, 9.17) is 19.9 Å². The van der Waals surface area contributed by atoms with E-state index in [1.165, 1.54) is 18.2 Å². The normalized spacial score (nSPS) is 13.8. The molecule has 1 aliphatic rings. The Bertz CT molecular complexity index is 1690. The first-order valence-electron chi connectivity index (χ1n) is 14.6. The fourth-order valence-electron chi connectivity index (χ4n) is 5.40. The summed E-state index contributed by atoms with van der Waals surface area (Å²) < 4.78 is 62.3. The molecule has 1 heterocycles. The summed E-state index contributed by atoms with van der Waals surface area (Å²) in [4.78, 5) is 25.6. The summed E-state index contributed by atoms with van der Waals surface area (Å²) in [5, 5.41) is 0. The highest BCUT2D eigenvalue weighted by atomic mass is 19.4. The fraction of sp³-hybridized carbons (Fsp3) is 0.278. The van der Waals surface area contributed by atoms with Gasteiger partial charge in [0, 0.05) is 11.1 Å². The number of carbonyl (C=O) groups is 2. The Balaban J connectivity index is 1.78. The molecule has 1 atom stereocenters. The number of halogens is 3. The molecular weight excluding hydrogens is 583 g/mol. The molecule has 0 bridgehead atoms. The molecule has 0 radical (unpaired) electrons. The van der Waals surface area contributed by atoms with Crippen molar-refractivity contribution in [3.05, 3.63) is 113 Å². The van der Waals surface area contributed by atoms with Gasteiger partial charge in [0.2, 0.25) is 5.91 Å². The van der Waals surface area contributed by atoms with Crippen LogP contribution >= 0.6 is 0 Å². The van der Waals surface area contributed by atoms with Crippen molar-refractivity contribution < 1.29 is 37.0 Å². The standard InChI is InChI=1S/C36H34F3NO5/c1-35(2,3)45-32(34(42)44-21-22-8-5-4-6-9-22)31-28(36(37,38)39)17-16-27(23-11-13-24(14-12-23)33(40)41)30(31)26-15-18-29-25(20-26)10-7-19-43-29/h4-6,8-9,11-18,20,32H,7,10,19,21H2,1-3H3,(H2,40,41). The molecule has 6 nitrogen and oxygen atoms in total. The molecule has 1 amide bonds. The number of aryl methyl sites for hydroxylation is 1. The van der Waals surface area contributed by atoms with Crippen LogP contribution in [0.1, 0.15) is 65.9 Å². The Kier molecular flexibility index (Phi) is 9.02. The van der Waals surface area contributed by atoms with Gasteiger partial charge in [0.15, 0.2) is 6.10 Å². The molecule has 4 aromatic rings. The first-order chi connectivity index (χ1) is 21.3. The Morgan fingerprint density at radius 2 is 1.60 bits per heavy atom. The SMILES string of the molecule is CC(C)(C)OC(C(=O)OCc1ccccc1)c1c(C(F)(F)F)ccc(-c2ccc(C(N)=O)cc2)c1-c1ccc2c(c1)CCCO2. The van der Waals surface area contributed by atoms with E-state index in [-0.39, 0.29) is 23.3 Å². The van der Waals surface area contributed by atoms with Crippen LogP contribution in [0.3, 0.4) is 0 Å². The van der Waals surface area contributed by atoms with E-state index in [0.717, 1.165) is 18.1 Å². The molecule has 0 aliphatic carbocycles. The highest BCUT2D eigenvalue weighted by molar-refractivity contribution is 5.95. The predicted octanol–water partition coefficient (Wildman–Crippen LogP) is 8.06. The third kappa shape index (κ3) is 7.37. The number of alkyl halides is 3. The summed E-state index contributed by atoms with van der Waals surface area (Å²) in [7, 11) is 0. The smallest absolute Gasteiger partial charge is 0.416 e. The topological polar surface area (TPSA) is 87.9 Å². The van der Waals surface area contributed by atoms with E-state index in [9.17, 15) is 22.8 Å². The largest absolute Gasteiger partial charge is 0.493 e. The summed E-state index contributed by atoms with van der Waals surface area (Å²) in [6.45, 7) is 5.40. The zero-order chi connectivity index (χ0) is 32.4. The maximum Gasteiger partial charge on any atom is 0.416 e. The number of amides is 1. The minimum Gasteiger partial charge on any atom is -0.493 e. The minimum absolute atomic E-state index is 0.148. The number of esters is 1. The van der Waals surface area contributed by atoms with Gasteiger partial charge in [-0.1, -0.05) is 54.6 Å². The second kappa shape index (κ2) is 12.8. The maximum atomic E-state index is 14.9. The molecule has 0 saturated heterocycles. The first kappa shape index (κ1) is 31.8. The van der Waals surface area contributed by atoms with Gasteiger partial charge >= 0.3 is 12.1 Å². The number of primary amides is 1. The summed E-state index contributed by atoms with van der Waals surface area (Å²) in [6.07, 6.45) is -5.14. The number of hydrogen-bond acceptors (Lipinski definition) is 5. The van der Waals surface area contributed by atoms with Gasteiger partial charge in [0.05, 0.1) is 17.8 Å². The van der Waals surface area contributed by atoms with Crippen LogP contribution in [-0.2, 0) is 33.5 Å². The molecule has 0 spiro atoms. The van der Waals surface area contributed by atoms with Crippen molar-refractivity contribution in [2.24, 2.45) is 5.73 Å². The number of rotatable bonds is 8. The van der Waals surface area contributed by atoms with Gasteiger partial charge in [-0.05, 0) is 97.3 Å². The summed E-state index contributed by atoms with van der Waals surface area (Å²) in [5.41, 5.74) is 6.34. The number of carbonyl (C=O) groups excluding carboxylic acids is 2. The molecule has 0 fully saturated rings. The molecule has 9 heteroatoms. The number of fused-ring (bicyclic) bond motifs is 1. The lowest BCUT2D eigenvalue weighted by atomic mass is 9.84. The lowest BCUT2D eigenvalue weighted by molar-refractivity contribution is -0.170. The van der Waals surface area contributed by atoms with Crippen molar-refractivity contribution in [1.29, 1.82) is 0 Å². The van der Waals surface area contributed by atoms with E-state index >= 15 is 0 Å². The van der Waals surface area contributed by atoms with Crippen molar-refractivity contribution in [3.63, 3.8) is 0 Å². The maximum absolute atomic E-state index is 14.9. The number of benzene rings is 4. The van der Waals surface area contributed by atoms with E-state index in [1.54, 1.807) is 75.4 Å². The summed E-state index contributed by atoms with van der Waals surface area (Å²) >= 11 is 0. The number of hydrogen-bond donors (Lipinski definition) is 1. The molecule has 234 valence electrons. The molecule has 45 heavy (non-hydrogen) atoms. The quantitative estimate of drug-likeness (QED) is 0.202. The Labute approximate surface area is 259 Å². The Hall–Kier alpha value is -4.63. The molecule has 2 N–H and O–H groups in total. The van der Waals surface area contributed by atoms with Gasteiger partial charge in [-0.3, -0.25) is 4.79 Å². The van der Waals surface area contributed by atoms with E-state index in [0.29, 0.717) is 41.0 Å². The van der Waals surface area contributed by atoms with Crippen LogP contribution in [0.4, 0.5) is 13.2 Å².